The summed E-state index contributed by atoms with van der Waals surface area (Å²) in [6.07, 6.45) is 3.56. The highest BCUT2D eigenvalue weighted by atomic mass is 79.9. The van der Waals surface area contributed by atoms with Crippen molar-refractivity contribution < 1.29 is 0 Å². The van der Waals surface area contributed by atoms with Crippen LogP contribution in [0.4, 0.5) is 0 Å². The van der Waals surface area contributed by atoms with Gasteiger partial charge in [-0.15, -0.1) is 11.3 Å². The summed E-state index contributed by atoms with van der Waals surface area (Å²) >= 11 is 11.2. The lowest BCUT2D eigenvalue weighted by atomic mass is 10.2. The maximum absolute atomic E-state index is 6.18. The maximum Gasteiger partial charge on any atom is 0.125 e. The Kier molecular flexibility index (Phi) is 3.64. The van der Waals surface area contributed by atoms with Crippen molar-refractivity contribution in [3.63, 3.8) is 0 Å². The van der Waals surface area contributed by atoms with Gasteiger partial charge in [0.15, 0.2) is 0 Å². The fourth-order valence-corrected chi connectivity index (χ4v) is 3.13. The van der Waals surface area contributed by atoms with Crippen LogP contribution in [-0.2, 0) is 0 Å². The molecule has 0 aliphatic carbocycles. The average Bonchev–Trinajstić information content (AvgIpc) is 2.89. The van der Waals surface area contributed by atoms with E-state index in [1.54, 1.807) is 23.7 Å². The third kappa shape index (κ3) is 2.71. The van der Waals surface area contributed by atoms with E-state index in [9.17, 15) is 0 Å². The van der Waals surface area contributed by atoms with Crippen LogP contribution in [0.3, 0.4) is 0 Å². The molecule has 0 aliphatic heterocycles. The van der Waals surface area contributed by atoms with E-state index in [1.165, 1.54) is 0 Å². The minimum atomic E-state index is 0.715. The molecule has 0 saturated carbocycles. The number of halogens is 2. The van der Waals surface area contributed by atoms with E-state index in [4.69, 9.17) is 11.6 Å². The molecule has 0 bridgehead atoms. The fourth-order valence-electron chi connectivity index (χ4n) is 1.73. The summed E-state index contributed by atoms with van der Waals surface area (Å²) in [4.78, 5) is 8.78. The number of hydrogen-bond donors (Lipinski definition) is 0. The molecule has 0 aliphatic rings. The second-order valence-electron chi connectivity index (χ2n) is 3.91. The zero-order valence-electron chi connectivity index (χ0n) is 9.68. The molecular formula is C14H8BrClN2S. The van der Waals surface area contributed by atoms with Gasteiger partial charge in [0.25, 0.3) is 0 Å². The fraction of sp³-hybridized carbons (Fsp3) is 0. The highest BCUT2D eigenvalue weighted by Gasteiger charge is 2.09. The van der Waals surface area contributed by atoms with Crippen LogP contribution in [0.2, 0.25) is 5.02 Å². The van der Waals surface area contributed by atoms with Gasteiger partial charge in [-0.1, -0.05) is 29.8 Å². The van der Waals surface area contributed by atoms with Gasteiger partial charge in [-0.05, 0) is 28.1 Å². The molecule has 0 spiro atoms. The van der Waals surface area contributed by atoms with Gasteiger partial charge in [0.2, 0.25) is 0 Å². The molecule has 3 rings (SSSR count). The Labute approximate surface area is 128 Å². The van der Waals surface area contributed by atoms with Gasteiger partial charge in [-0.2, -0.15) is 0 Å². The number of rotatable bonds is 2. The lowest BCUT2D eigenvalue weighted by Gasteiger charge is -1.99. The largest absolute Gasteiger partial charge is 0.263 e. The molecule has 5 heteroatoms. The third-order valence-electron chi connectivity index (χ3n) is 2.61. The number of thiazole rings is 1. The first-order valence-electron chi connectivity index (χ1n) is 5.55. The summed E-state index contributed by atoms with van der Waals surface area (Å²) in [6, 6.07) is 9.72. The van der Waals surface area contributed by atoms with Crippen molar-refractivity contribution >= 4 is 38.9 Å². The van der Waals surface area contributed by atoms with E-state index in [0.717, 1.165) is 26.3 Å². The summed E-state index contributed by atoms with van der Waals surface area (Å²) < 4.78 is 0.944. The highest BCUT2D eigenvalue weighted by molar-refractivity contribution is 9.10. The van der Waals surface area contributed by atoms with Gasteiger partial charge < -0.3 is 0 Å². The number of hydrogen-bond acceptors (Lipinski definition) is 3. The van der Waals surface area contributed by atoms with Crippen LogP contribution in [0.25, 0.3) is 21.8 Å². The van der Waals surface area contributed by atoms with Crippen LogP contribution >= 0.6 is 38.9 Å². The van der Waals surface area contributed by atoms with E-state index in [1.807, 2.05) is 35.7 Å². The predicted octanol–water partition coefficient (Wildman–Crippen LogP) is 5.29. The Balaban J connectivity index is 2.03. The summed E-state index contributed by atoms with van der Waals surface area (Å²) in [6.45, 7) is 0. The molecule has 0 radical (unpaired) electrons. The average molecular weight is 352 g/mol. The molecule has 1 aromatic carbocycles. The van der Waals surface area contributed by atoms with Crippen LogP contribution < -0.4 is 0 Å². The normalized spacial score (nSPS) is 10.6. The van der Waals surface area contributed by atoms with E-state index < -0.39 is 0 Å². The van der Waals surface area contributed by atoms with Crippen LogP contribution in [0, 0.1) is 0 Å². The second-order valence-corrected chi connectivity index (χ2v) is 6.09. The molecule has 2 aromatic heterocycles. The Bertz CT molecular complexity index is 727. The number of pyridine rings is 1. The van der Waals surface area contributed by atoms with Crippen molar-refractivity contribution in [2.45, 2.75) is 0 Å². The van der Waals surface area contributed by atoms with Gasteiger partial charge in [-0.25, -0.2) is 4.98 Å². The van der Waals surface area contributed by atoms with Crippen molar-refractivity contribution in [3.05, 3.63) is 57.6 Å². The zero-order valence-corrected chi connectivity index (χ0v) is 12.8. The number of aromatic nitrogens is 2. The van der Waals surface area contributed by atoms with E-state index in [2.05, 4.69) is 25.9 Å². The Morgan fingerprint density at radius 3 is 2.79 bits per heavy atom. The molecule has 2 nitrogen and oxygen atoms in total. The molecule has 94 valence electrons. The van der Waals surface area contributed by atoms with Crippen molar-refractivity contribution in [1.82, 2.24) is 9.97 Å². The van der Waals surface area contributed by atoms with Gasteiger partial charge in [0, 0.05) is 38.4 Å². The lowest BCUT2D eigenvalue weighted by molar-refractivity contribution is 1.30. The molecular weight excluding hydrogens is 344 g/mol. The summed E-state index contributed by atoms with van der Waals surface area (Å²) in [5.74, 6) is 0. The first kappa shape index (κ1) is 12.8. The van der Waals surface area contributed by atoms with Crippen molar-refractivity contribution in [1.29, 1.82) is 0 Å². The maximum atomic E-state index is 6.18. The van der Waals surface area contributed by atoms with E-state index in [-0.39, 0.29) is 0 Å². The topological polar surface area (TPSA) is 25.8 Å². The van der Waals surface area contributed by atoms with Crippen LogP contribution in [0.1, 0.15) is 0 Å². The van der Waals surface area contributed by atoms with Gasteiger partial charge >= 0.3 is 0 Å². The predicted molar refractivity (Wildman–Crippen MR) is 83.5 cm³/mol. The Morgan fingerprint density at radius 2 is 2.00 bits per heavy atom. The van der Waals surface area contributed by atoms with E-state index >= 15 is 0 Å². The van der Waals surface area contributed by atoms with Crippen LogP contribution in [0.5, 0.6) is 0 Å². The monoisotopic (exact) mass is 350 g/mol. The molecule has 2 heterocycles. The quantitative estimate of drug-likeness (QED) is 0.627. The SMILES string of the molecule is Clc1ccccc1-c1csc(-c2cncc(Br)c2)n1. The molecule has 0 amide bonds. The molecule has 0 N–H and O–H groups in total. The molecule has 19 heavy (non-hydrogen) atoms. The number of nitrogens with zero attached hydrogens (tertiary/aromatic N) is 2. The minimum Gasteiger partial charge on any atom is -0.263 e. The summed E-state index contributed by atoms with van der Waals surface area (Å²) in [5, 5.41) is 3.66. The second kappa shape index (κ2) is 5.41. The Morgan fingerprint density at radius 1 is 1.16 bits per heavy atom. The molecule has 0 fully saturated rings. The highest BCUT2D eigenvalue weighted by Crippen LogP contribution is 2.32. The van der Waals surface area contributed by atoms with Crippen molar-refractivity contribution in [2.75, 3.05) is 0 Å². The van der Waals surface area contributed by atoms with Gasteiger partial charge in [-0.3, -0.25) is 4.98 Å². The first-order chi connectivity index (χ1) is 9.24. The molecule has 0 saturated heterocycles. The minimum absolute atomic E-state index is 0.715. The van der Waals surface area contributed by atoms with Crippen molar-refractivity contribution in [3.8, 4) is 21.8 Å². The van der Waals surface area contributed by atoms with Crippen molar-refractivity contribution in [2.24, 2.45) is 0 Å². The summed E-state index contributed by atoms with van der Waals surface area (Å²) in [7, 11) is 0. The van der Waals surface area contributed by atoms with Crippen LogP contribution in [-0.4, -0.2) is 9.97 Å². The van der Waals surface area contributed by atoms with Gasteiger partial charge in [0.05, 0.1) is 5.69 Å². The Hall–Kier alpha value is -1.23. The number of benzene rings is 1. The first-order valence-corrected chi connectivity index (χ1v) is 7.60. The third-order valence-corrected chi connectivity index (χ3v) is 4.26. The van der Waals surface area contributed by atoms with E-state index in [0.29, 0.717) is 5.02 Å². The van der Waals surface area contributed by atoms with Crippen LogP contribution in [0.15, 0.2) is 52.6 Å². The van der Waals surface area contributed by atoms with Gasteiger partial charge in [0.1, 0.15) is 5.01 Å². The lowest BCUT2D eigenvalue weighted by Crippen LogP contribution is -1.82. The smallest absolute Gasteiger partial charge is 0.125 e. The molecule has 3 aromatic rings. The zero-order chi connectivity index (χ0) is 13.2. The molecule has 0 atom stereocenters. The summed E-state index contributed by atoms with van der Waals surface area (Å²) in [5.41, 5.74) is 2.85. The molecule has 0 unspecified atom stereocenters. The standard InChI is InChI=1S/C14H8BrClN2S/c15-10-5-9(6-17-7-10)14-18-13(8-19-14)11-3-1-2-4-12(11)16/h1-8H.